The number of aliphatic carboxylic acids is 1. The molecule has 1 aliphatic heterocycles. The van der Waals surface area contributed by atoms with Gasteiger partial charge in [0.25, 0.3) is 0 Å². The van der Waals surface area contributed by atoms with E-state index in [2.05, 4.69) is 10.3 Å². The highest BCUT2D eigenvalue weighted by molar-refractivity contribution is 5.74. The maximum Gasteiger partial charge on any atom is 0.320 e. The van der Waals surface area contributed by atoms with E-state index >= 15 is 0 Å². The first-order valence-electron chi connectivity index (χ1n) is 9.83. The van der Waals surface area contributed by atoms with Gasteiger partial charge in [0.1, 0.15) is 17.6 Å². The molecule has 3 aromatic rings. The zero-order valence-electron chi connectivity index (χ0n) is 16.3. The monoisotopic (exact) mass is 392 g/mol. The quantitative estimate of drug-likeness (QED) is 0.628. The van der Waals surface area contributed by atoms with Crippen molar-refractivity contribution in [3.63, 3.8) is 0 Å². The van der Waals surface area contributed by atoms with Crippen molar-refractivity contribution in [2.45, 2.75) is 38.3 Å². The number of carboxylic acids is 1. The molecule has 0 amide bonds. The minimum absolute atomic E-state index is 0.0827. The molecule has 0 radical (unpaired) electrons. The predicted molar refractivity (Wildman–Crippen MR) is 109 cm³/mol. The van der Waals surface area contributed by atoms with Gasteiger partial charge in [-0.3, -0.25) is 10.1 Å². The fraction of sp³-hybridized carbons (Fsp3) is 0.304. The smallest absolute Gasteiger partial charge is 0.320 e. The van der Waals surface area contributed by atoms with Crippen molar-refractivity contribution < 1.29 is 19.1 Å². The van der Waals surface area contributed by atoms with Gasteiger partial charge >= 0.3 is 5.97 Å². The summed E-state index contributed by atoms with van der Waals surface area (Å²) in [6.45, 7) is 2.42. The fourth-order valence-corrected chi connectivity index (χ4v) is 3.63. The van der Waals surface area contributed by atoms with Gasteiger partial charge in [-0.15, -0.1) is 0 Å². The van der Waals surface area contributed by atoms with Gasteiger partial charge in [0.05, 0.1) is 12.3 Å². The third-order valence-electron chi connectivity index (χ3n) is 5.25. The van der Waals surface area contributed by atoms with Gasteiger partial charge in [-0.2, -0.15) is 0 Å². The first-order valence-corrected chi connectivity index (χ1v) is 9.83. The SMILES string of the molecule is Cc1oc(-c2ccccc2)nc1CCOc1ccc([C@@H]2CCC(C(=O)O)N2)cc1. The van der Waals surface area contributed by atoms with Crippen molar-refractivity contribution in [2.75, 3.05) is 6.61 Å². The maximum atomic E-state index is 11.1. The van der Waals surface area contributed by atoms with Gasteiger partial charge in [0.2, 0.25) is 5.89 Å². The number of ether oxygens (including phenoxy) is 1. The van der Waals surface area contributed by atoms with E-state index in [1.54, 1.807) is 0 Å². The molecule has 1 aliphatic rings. The summed E-state index contributed by atoms with van der Waals surface area (Å²) < 4.78 is 11.6. The molecule has 1 unspecified atom stereocenters. The van der Waals surface area contributed by atoms with Crippen LogP contribution in [-0.4, -0.2) is 28.7 Å². The summed E-state index contributed by atoms with van der Waals surface area (Å²) in [6.07, 6.45) is 2.14. The third kappa shape index (κ3) is 4.49. The number of nitrogens with zero attached hydrogens (tertiary/aromatic N) is 1. The number of nitrogens with one attached hydrogen (secondary N) is 1. The Bertz CT molecular complexity index is 966. The Morgan fingerprint density at radius 3 is 2.62 bits per heavy atom. The van der Waals surface area contributed by atoms with Crippen molar-refractivity contribution in [2.24, 2.45) is 0 Å². The van der Waals surface area contributed by atoms with Crippen LogP contribution in [0.2, 0.25) is 0 Å². The van der Waals surface area contributed by atoms with Crippen molar-refractivity contribution in [1.29, 1.82) is 0 Å². The molecule has 0 saturated carbocycles. The van der Waals surface area contributed by atoms with Crippen LogP contribution in [0.5, 0.6) is 5.75 Å². The van der Waals surface area contributed by atoms with E-state index in [9.17, 15) is 4.79 Å². The van der Waals surface area contributed by atoms with Gasteiger partial charge < -0.3 is 14.3 Å². The molecule has 2 N–H and O–H groups in total. The van der Waals surface area contributed by atoms with E-state index in [0.29, 0.717) is 25.3 Å². The van der Waals surface area contributed by atoms with E-state index in [-0.39, 0.29) is 6.04 Å². The van der Waals surface area contributed by atoms with Crippen molar-refractivity contribution in [1.82, 2.24) is 10.3 Å². The Morgan fingerprint density at radius 2 is 1.93 bits per heavy atom. The number of carbonyl (C=O) groups is 1. The summed E-state index contributed by atoms with van der Waals surface area (Å²) in [6, 6.07) is 17.3. The highest BCUT2D eigenvalue weighted by Crippen LogP contribution is 2.28. The first kappa shape index (κ1) is 19.2. The predicted octanol–water partition coefficient (Wildman–Crippen LogP) is 4.15. The summed E-state index contributed by atoms with van der Waals surface area (Å²) in [5, 5.41) is 12.3. The number of hydrogen-bond donors (Lipinski definition) is 2. The lowest BCUT2D eigenvalue weighted by Crippen LogP contribution is -2.31. The number of carboxylic acid groups (broad SMARTS) is 1. The van der Waals surface area contributed by atoms with Crippen LogP contribution in [0, 0.1) is 6.92 Å². The van der Waals surface area contributed by atoms with E-state index in [4.69, 9.17) is 14.3 Å². The number of rotatable bonds is 7. The van der Waals surface area contributed by atoms with Gasteiger partial charge in [-0.05, 0) is 49.6 Å². The highest BCUT2D eigenvalue weighted by atomic mass is 16.5. The molecule has 0 bridgehead atoms. The van der Waals surface area contributed by atoms with E-state index in [1.807, 2.05) is 61.5 Å². The zero-order chi connectivity index (χ0) is 20.2. The van der Waals surface area contributed by atoms with Crippen LogP contribution in [-0.2, 0) is 11.2 Å². The zero-order valence-corrected chi connectivity index (χ0v) is 16.3. The molecule has 29 heavy (non-hydrogen) atoms. The summed E-state index contributed by atoms with van der Waals surface area (Å²) in [5.74, 6) is 1.44. The lowest BCUT2D eigenvalue weighted by atomic mass is 10.1. The van der Waals surface area contributed by atoms with Gasteiger partial charge in [-0.25, -0.2) is 4.98 Å². The summed E-state index contributed by atoms with van der Waals surface area (Å²) >= 11 is 0. The summed E-state index contributed by atoms with van der Waals surface area (Å²) in [5.41, 5.74) is 2.94. The standard InChI is InChI=1S/C23H24N2O4/c1-15-19(25-22(29-15)17-5-3-2-4-6-17)13-14-28-18-9-7-16(8-10-18)20-11-12-21(24-20)23(26)27/h2-10,20-21,24H,11-14H2,1H3,(H,26,27)/t20-,21?/m0/s1. The van der Waals surface area contributed by atoms with Crippen molar-refractivity contribution >= 4 is 5.97 Å². The fourth-order valence-electron chi connectivity index (χ4n) is 3.63. The van der Waals surface area contributed by atoms with Crippen LogP contribution in [0.15, 0.2) is 59.0 Å². The average molecular weight is 392 g/mol. The topological polar surface area (TPSA) is 84.6 Å². The molecule has 1 aromatic heterocycles. The summed E-state index contributed by atoms with van der Waals surface area (Å²) in [7, 11) is 0. The number of aromatic nitrogens is 1. The van der Waals surface area contributed by atoms with Crippen LogP contribution < -0.4 is 10.1 Å². The Balaban J connectivity index is 1.31. The number of benzene rings is 2. The molecule has 6 heteroatoms. The molecule has 0 spiro atoms. The lowest BCUT2D eigenvalue weighted by Gasteiger charge is -2.13. The first-order chi connectivity index (χ1) is 14.1. The van der Waals surface area contributed by atoms with Crippen LogP contribution in [0.3, 0.4) is 0 Å². The minimum Gasteiger partial charge on any atom is -0.493 e. The Labute approximate surface area is 169 Å². The number of aryl methyl sites for hydroxylation is 1. The highest BCUT2D eigenvalue weighted by Gasteiger charge is 2.29. The molecule has 1 saturated heterocycles. The Hall–Kier alpha value is -3.12. The molecular weight excluding hydrogens is 368 g/mol. The summed E-state index contributed by atoms with van der Waals surface area (Å²) in [4.78, 5) is 15.7. The average Bonchev–Trinajstić information content (AvgIpc) is 3.37. The van der Waals surface area contributed by atoms with Gasteiger partial charge in [0, 0.05) is 18.0 Å². The van der Waals surface area contributed by atoms with Crippen LogP contribution in [0.1, 0.15) is 35.9 Å². The van der Waals surface area contributed by atoms with Crippen molar-refractivity contribution in [3.8, 4) is 17.2 Å². The van der Waals surface area contributed by atoms with Crippen molar-refractivity contribution in [3.05, 3.63) is 71.6 Å². The Morgan fingerprint density at radius 1 is 1.17 bits per heavy atom. The molecule has 4 rings (SSSR count). The van der Waals surface area contributed by atoms with Gasteiger partial charge in [0.15, 0.2) is 0 Å². The van der Waals surface area contributed by atoms with E-state index in [0.717, 1.165) is 34.8 Å². The molecule has 2 aromatic carbocycles. The molecule has 2 atom stereocenters. The van der Waals surface area contributed by atoms with Crippen LogP contribution in [0.25, 0.3) is 11.5 Å². The maximum absolute atomic E-state index is 11.1. The minimum atomic E-state index is -0.786. The van der Waals surface area contributed by atoms with E-state index < -0.39 is 12.0 Å². The Kier molecular flexibility index (Phi) is 5.62. The largest absolute Gasteiger partial charge is 0.493 e. The molecule has 2 heterocycles. The van der Waals surface area contributed by atoms with Crippen LogP contribution >= 0.6 is 0 Å². The van der Waals surface area contributed by atoms with Gasteiger partial charge in [-0.1, -0.05) is 30.3 Å². The number of oxazole rings is 1. The molecule has 0 aliphatic carbocycles. The molecule has 150 valence electrons. The van der Waals surface area contributed by atoms with Crippen LogP contribution in [0.4, 0.5) is 0 Å². The second kappa shape index (κ2) is 8.49. The second-order valence-electron chi connectivity index (χ2n) is 7.24. The van der Waals surface area contributed by atoms with E-state index in [1.165, 1.54) is 0 Å². The lowest BCUT2D eigenvalue weighted by molar-refractivity contribution is -0.139. The second-order valence-corrected chi connectivity index (χ2v) is 7.24. The molecular formula is C23H24N2O4. The molecule has 6 nitrogen and oxygen atoms in total. The third-order valence-corrected chi connectivity index (χ3v) is 5.25. The normalized spacial score (nSPS) is 18.7. The molecule has 1 fully saturated rings. The number of hydrogen-bond acceptors (Lipinski definition) is 5.